The molecule has 0 saturated carbocycles. The summed E-state index contributed by atoms with van der Waals surface area (Å²) in [4.78, 5) is 14.3. The van der Waals surface area contributed by atoms with Crippen LogP contribution in [0.3, 0.4) is 0 Å². The molecule has 0 bridgehead atoms. The molecule has 1 aliphatic heterocycles. The summed E-state index contributed by atoms with van der Waals surface area (Å²) in [6, 6.07) is 8.00. The quantitative estimate of drug-likeness (QED) is 0.664. The van der Waals surface area contributed by atoms with Crippen LogP contribution in [-0.2, 0) is 16.1 Å². The molecule has 1 unspecified atom stereocenters. The number of rotatable bonds is 10. The zero-order valence-corrected chi connectivity index (χ0v) is 16.1. The number of nitrogens with one attached hydrogen (secondary N) is 1. The maximum atomic E-state index is 11.9. The van der Waals surface area contributed by atoms with Crippen LogP contribution in [0, 0.1) is 0 Å². The van der Waals surface area contributed by atoms with Crippen LogP contribution in [0.1, 0.15) is 38.2 Å². The number of carbonyl (C=O) groups excluding carboxylic acids is 1. The molecule has 0 aromatic heterocycles. The summed E-state index contributed by atoms with van der Waals surface area (Å²) in [7, 11) is 2.14. The van der Waals surface area contributed by atoms with Crippen LogP contribution in [0.5, 0.6) is 5.75 Å². The highest BCUT2D eigenvalue weighted by atomic mass is 16.5. The molecule has 1 heterocycles. The average Bonchev–Trinajstić information content (AvgIpc) is 2.67. The van der Waals surface area contributed by atoms with Gasteiger partial charge in [-0.2, -0.15) is 0 Å². The monoisotopic (exact) mass is 363 g/mol. The summed E-state index contributed by atoms with van der Waals surface area (Å²) >= 11 is 0. The number of carbonyl (C=O) groups is 1. The highest BCUT2D eigenvalue weighted by Gasteiger charge is 2.18. The summed E-state index contributed by atoms with van der Waals surface area (Å²) in [5.74, 6) is 0.728. The summed E-state index contributed by atoms with van der Waals surface area (Å²) in [5.41, 5.74) is 6.84. The topological polar surface area (TPSA) is 76.8 Å². The number of nitrogens with two attached hydrogens (primary N) is 1. The van der Waals surface area contributed by atoms with Crippen LogP contribution in [-0.4, -0.2) is 56.3 Å². The van der Waals surface area contributed by atoms with Gasteiger partial charge >= 0.3 is 0 Å². The van der Waals surface area contributed by atoms with Crippen LogP contribution in [0.15, 0.2) is 24.3 Å². The molecule has 3 N–H and O–H groups in total. The fraction of sp³-hybridized carbons (Fsp3) is 0.650. The minimum absolute atomic E-state index is 0.101. The Kier molecular flexibility index (Phi) is 8.88. The van der Waals surface area contributed by atoms with E-state index in [1.54, 1.807) is 0 Å². The lowest BCUT2D eigenvalue weighted by atomic mass is 10.1. The van der Waals surface area contributed by atoms with Crippen LogP contribution < -0.4 is 15.8 Å². The van der Waals surface area contributed by atoms with E-state index in [4.69, 9.17) is 15.2 Å². The van der Waals surface area contributed by atoms with E-state index >= 15 is 0 Å². The van der Waals surface area contributed by atoms with E-state index in [9.17, 15) is 4.79 Å². The molecule has 0 spiro atoms. The van der Waals surface area contributed by atoms with Crippen LogP contribution in [0.2, 0.25) is 0 Å². The molecule has 1 saturated heterocycles. The summed E-state index contributed by atoms with van der Waals surface area (Å²) in [6.07, 6.45) is 3.79. The number of likely N-dealkylation sites (N-methyl/N-ethyl adjacent to an activating group) is 1. The largest absolute Gasteiger partial charge is 0.492 e. The predicted molar refractivity (Wildman–Crippen MR) is 103 cm³/mol. The van der Waals surface area contributed by atoms with Crippen molar-refractivity contribution in [2.45, 2.75) is 51.2 Å². The second kappa shape index (κ2) is 11.2. The molecule has 1 aromatic carbocycles. The number of hydrogen-bond donors (Lipinski definition) is 2. The molecule has 146 valence electrons. The Morgan fingerprint density at radius 1 is 1.42 bits per heavy atom. The van der Waals surface area contributed by atoms with Gasteiger partial charge in [-0.05, 0) is 44.0 Å². The van der Waals surface area contributed by atoms with Gasteiger partial charge in [0.05, 0.1) is 6.04 Å². The van der Waals surface area contributed by atoms with Crippen molar-refractivity contribution >= 4 is 5.91 Å². The molecule has 6 heteroatoms. The van der Waals surface area contributed by atoms with Crippen molar-refractivity contribution in [1.29, 1.82) is 0 Å². The SMILES string of the molecule is CCCC(N)C(=O)NCc1cccc(OCCN(C)C2CCOCC2)c1. The van der Waals surface area contributed by atoms with Gasteiger partial charge in [0.2, 0.25) is 5.91 Å². The standard InChI is InChI=1S/C20H33N3O3/c1-3-5-19(21)20(24)22-15-16-6-4-7-18(14-16)26-13-10-23(2)17-8-11-25-12-9-17/h4,6-7,14,17,19H,3,5,8-13,15,21H2,1-2H3,(H,22,24). The fourth-order valence-corrected chi connectivity index (χ4v) is 3.12. The first-order valence-corrected chi connectivity index (χ1v) is 9.63. The van der Waals surface area contributed by atoms with Gasteiger partial charge in [-0.25, -0.2) is 0 Å². The fourth-order valence-electron chi connectivity index (χ4n) is 3.12. The lowest BCUT2D eigenvalue weighted by Gasteiger charge is -2.31. The van der Waals surface area contributed by atoms with E-state index in [0.717, 1.165) is 50.3 Å². The van der Waals surface area contributed by atoms with E-state index in [0.29, 0.717) is 25.6 Å². The van der Waals surface area contributed by atoms with Crippen molar-refractivity contribution in [3.8, 4) is 5.75 Å². The van der Waals surface area contributed by atoms with Crippen LogP contribution in [0.25, 0.3) is 0 Å². The number of amides is 1. The molecule has 0 radical (unpaired) electrons. The van der Waals surface area contributed by atoms with E-state index < -0.39 is 6.04 Å². The van der Waals surface area contributed by atoms with Crippen molar-refractivity contribution in [2.24, 2.45) is 5.73 Å². The van der Waals surface area contributed by atoms with Gasteiger partial charge in [-0.1, -0.05) is 25.5 Å². The third-order valence-electron chi connectivity index (χ3n) is 4.83. The third-order valence-corrected chi connectivity index (χ3v) is 4.83. The lowest BCUT2D eigenvalue weighted by Crippen LogP contribution is -2.40. The van der Waals surface area contributed by atoms with Crippen molar-refractivity contribution in [1.82, 2.24) is 10.2 Å². The zero-order valence-electron chi connectivity index (χ0n) is 16.1. The highest BCUT2D eigenvalue weighted by Crippen LogP contribution is 2.15. The lowest BCUT2D eigenvalue weighted by molar-refractivity contribution is -0.122. The van der Waals surface area contributed by atoms with Gasteiger partial charge in [-0.15, -0.1) is 0 Å². The van der Waals surface area contributed by atoms with Crippen LogP contribution in [0.4, 0.5) is 0 Å². The van der Waals surface area contributed by atoms with Gasteiger partial charge < -0.3 is 20.5 Å². The van der Waals surface area contributed by atoms with Gasteiger partial charge in [0.15, 0.2) is 0 Å². The second-order valence-electron chi connectivity index (χ2n) is 6.93. The number of benzene rings is 1. The van der Waals surface area contributed by atoms with Crippen molar-refractivity contribution in [3.05, 3.63) is 29.8 Å². The Morgan fingerprint density at radius 3 is 2.92 bits per heavy atom. The molecule has 0 aliphatic carbocycles. The molecule has 26 heavy (non-hydrogen) atoms. The smallest absolute Gasteiger partial charge is 0.237 e. The zero-order chi connectivity index (χ0) is 18.8. The molecule has 1 atom stereocenters. The minimum atomic E-state index is -0.430. The van der Waals surface area contributed by atoms with Crippen molar-refractivity contribution < 1.29 is 14.3 Å². The van der Waals surface area contributed by atoms with E-state index in [1.807, 2.05) is 31.2 Å². The normalized spacial score (nSPS) is 16.5. The second-order valence-corrected chi connectivity index (χ2v) is 6.93. The number of hydrogen-bond acceptors (Lipinski definition) is 5. The molecule has 6 nitrogen and oxygen atoms in total. The maximum absolute atomic E-state index is 11.9. The van der Waals surface area contributed by atoms with Gasteiger partial charge in [0.25, 0.3) is 0 Å². The first-order chi connectivity index (χ1) is 12.6. The maximum Gasteiger partial charge on any atom is 0.237 e. The van der Waals surface area contributed by atoms with Gasteiger partial charge in [0.1, 0.15) is 12.4 Å². The Bertz CT molecular complexity index is 547. The van der Waals surface area contributed by atoms with E-state index in [-0.39, 0.29) is 5.91 Å². The van der Waals surface area contributed by atoms with Gasteiger partial charge in [-0.3, -0.25) is 9.69 Å². The first kappa shape index (κ1) is 20.7. The summed E-state index contributed by atoms with van der Waals surface area (Å²) in [5, 5.41) is 2.89. The molecular formula is C20H33N3O3. The van der Waals surface area contributed by atoms with E-state index in [1.165, 1.54) is 0 Å². The van der Waals surface area contributed by atoms with Crippen LogP contribution >= 0.6 is 0 Å². The predicted octanol–water partition coefficient (Wildman–Crippen LogP) is 1.92. The Labute approximate surface area is 157 Å². The average molecular weight is 364 g/mol. The molecule has 1 aromatic rings. The number of ether oxygens (including phenoxy) is 2. The molecule has 1 aliphatic rings. The molecular weight excluding hydrogens is 330 g/mol. The van der Waals surface area contributed by atoms with Crippen molar-refractivity contribution in [2.75, 3.05) is 33.4 Å². The molecule has 1 amide bonds. The summed E-state index contributed by atoms with van der Waals surface area (Å²) in [6.45, 7) is 5.72. The van der Waals surface area contributed by atoms with Crippen molar-refractivity contribution in [3.63, 3.8) is 0 Å². The van der Waals surface area contributed by atoms with Gasteiger partial charge in [0, 0.05) is 32.3 Å². The highest BCUT2D eigenvalue weighted by molar-refractivity contribution is 5.81. The third kappa shape index (κ3) is 6.94. The number of nitrogens with zero attached hydrogens (tertiary/aromatic N) is 1. The molecule has 2 rings (SSSR count). The Balaban J connectivity index is 1.73. The molecule has 1 fully saturated rings. The summed E-state index contributed by atoms with van der Waals surface area (Å²) < 4.78 is 11.3. The van der Waals surface area contributed by atoms with E-state index in [2.05, 4.69) is 17.3 Å². The minimum Gasteiger partial charge on any atom is -0.492 e. The first-order valence-electron chi connectivity index (χ1n) is 9.63. The Hall–Kier alpha value is -1.63. The Morgan fingerprint density at radius 2 is 2.19 bits per heavy atom.